The summed E-state index contributed by atoms with van der Waals surface area (Å²) >= 11 is 0. The Morgan fingerprint density at radius 1 is 1.00 bits per heavy atom. The molecular weight excluding hydrogens is 364 g/mol. The van der Waals surface area contributed by atoms with Crippen LogP contribution in [-0.4, -0.2) is 36.3 Å². The van der Waals surface area contributed by atoms with Crippen LogP contribution in [0.3, 0.4) is 0 Å². The molecule has 1 saturated heterocycles. The summed E-state index contributed by atoms with van der Waals surface area (Å²) in [5, 5.41) is 5.46. The van der Waals surface area contributed by atoms with Gasteiger partial charge >= 0.3 is 0 Å². The molecule has 0 spiro atoms. The fraction of sp³-hybridized carbons (Fsp3) is 0.333. The van der Waals surface area contributed by atoms with Crippen molar-refractivity contribution in [2.75, 3.05) is 25.0 Å². The molecule has 0 bridgehead atoms. The first-order valence-electron chi connectivity index (χ1n) is 9.29. The first kappa shape index (κ1) is 19.9. The number of hydrogen-bond acceptors (Lipinski definition) is 3. The number of benzene rings is 2. The van der Waals surface area contributed by atoms with Crippen LogP contribution in [0, 0.1) is 17.6 Å². The van der Waals surface area contributed by atoms with Crippen LogP contribution in [0.25, 0.3) is 0 Å². The molecule has 0 saturated carbocycles. The molecule has 0 unspecified atom stereocenters. The van der Waals surface area contributed by atoms with Gasteiger partial charge in [-0.15, -0.1) is 0 Å². The van der Waals surface area contributed by atoms with Crippen molar-refractivity contribution in [3.8, 4) is 0 Å². The fourth-order valence-corrected chi connectivity index (χ4v) is 3.31. The number of nitrogens with zero attached hydrogens (tertiary/aromatic N) is 1. The fourth-order valence-electron chi connectivity index (χ4n) is 3.31. The van der Waals surface area contributed by atoms with Gasteiger partial charge in [-0.05, 0) is 43.6 Å². The molecule has 0 radical (unpaired) electrons. The maximum atomic E-state index is 13.2. The van der Waals surface area contributed by atoms with Crippen molar-refractivity contribution >= 4 is 17.5 Å². The van der Waals surface area contributed by atoms with Crippen LogP contribution < -0.4 is 10.6 Å². The second kappa shape index (κ2) is 9.41. The van der Waals surface area contributed by atoms with Gasteiger partial charge in [0, 0.05) is 24.2 Å². The molecule has 2 amide bonds. The van der Waals surface area contributed by atoms with Gasteiger partial charge in [0.15, 0.2) is 0 Å². The molecular formula is C21H23F2N3O2. The zero-order valence-corrected chi connectivity index (χ0v) is 15.5. The zero-order valence-electron chi connectivity index (χ0n) is 15.5. The number of piperidine rings is 1. The minimum atomic E-state index is -0.738. The molecule has 7 heteroatoms. The summed E-state index contributed by atoms with van der Waals surface area (Å²) in [6.07, 6.45) is 1.34. The standard InChI is InChI=1S/C21H23F2N3O2/c22-17-10-18(23)12-19(11-17)25-20(27)14-26-8-6-16(7-9-26)21(28)24-13-15-4-2-1-3-5-15/h1-5,10-12,16H,6-9,13-14H2,(H,24,28)(H,25,27). The van der Waals surface area contributed by atoms with Crippen LogP contribution in [0.4, 0.5) is 14.5 Å². The van der Waals surface area contributed by atoms with Gasteiger partial charge in [-0.1, -0.05) is 30.3 Å². The van der Waals surface area contributed by atoms with E-state index in [2.05, 4.69) is 10.6 Å². The molecule has 1 aliphatic heterocycles. The Morgan fingerprint density at radius 2 is 1.64 bits per heavy atom. The Kier molecular flexibility index (Phi) is 6.71. The Labute approximate surface area is 162 Å². The monoisotopic (exact) mass is 387 g/mol. The average Bonchev–Trinajstić information content (AvgIpc) is 2.66. The van der Waals surface area contributed by atoms with Gasteiger partial charge in [-0.2, -0.15) is 0 Å². The lowest BCUT2D eigenvalue weighted by Crippen LogP contribution is -2.43. The molecule has 3 rings (SSSR count). The number of hydrogen-bond donors (Lipinski definition) is 2. The Balaban J connectivity index is 1.41. The summed E-state index contributed by atoms with van der Waals surface area (Å²) in [6, 6.07) is 12.6. The SMILES string of the molecule is O=C(CN1CCC(C(=O)NCc2ccccc2)CC1)Nc1cc(F)cc(F)c1. The van der Waals surface area contributed by atoms with Crippen molar-refractivity contribution in [3.05, 3.63) is 65.7 Å². The van der Waals surface area contributed by atoms with E-state index < -0.39 is 11.6 Å². The molecule has 0 aromatic heterocycles. The average molecular weight is 387 g/mol. The molecule has 28 heavy (non-hydrogen) atoms. The zero-order chi connectivity index (χ0) is 19.9. The molecule has 0 aliphatic carbocycles. The van der Waals surface area contributed by atoms with Gasteiger partial charge in [0.05, 0.1) is 6.54 Å². The van der Waals surface area contributed by atoms with E-state index in [9.17, 15) is 18.4 Å². The molecule has 1 aliphatic rings. The Morgan fingerprint density at radius 3 is 2.29 bits per heavy atom. The van der Waals surface area contributed by atoms with E-state index in [0.29, 0.717) is 32.5 Å². The third kappa shape index (κ3) is 5.85. The summed E-state index contributed by atoms with van der Waals surface area (Å²) < 4.78 is 26.4. The van der Waals surface area contributed by atoms with Crippen molar-refractivity contribution in [1.82, 2.24) is 10.2 Å². The molecule has 5 nitrogen and oxygen atoms in total. The normalized spacial score (nSPS) is 15.2. The summed E-state index contributed by atoms with van der Waals surface area (Å²) in [5.41, 5.74) is 1.15. The number of anilines is 1. The molecule has 1 fully saturated rings. The Hall–Kier alpha value is -2.80. The highest BCUT2D eigenvalue weighted by atomic mass is 19.1. The lowest BCUT2D eigenvalue weighted by Gasteiger charge is -2.30. The summed E-state index contributed by atoms with van der Waals surface area (Å²) in [5.74, 6) is -1.85. The lowest BCUT2D eigenvalue weighted by atomic mass is 9.96. The largest absolute Gasteiger partial charge is 0.352 e. The first-order chi connectivity index (χ1) is 13.5. The predicted octanol–water partition coefficient (Wildman–Crippen LogP) is 2.93. The predicted molar refractivity (Wildman–Crippen MR) is 102 cm³/mol. The molecule has 0 atom stereocenters. The van der Waals surface area contributed by atoms with Crippen LogP contribution in [-0.2, 0) is 16.1 Å². The number of carbonyl (C=O) groups excluding carboxylic acids is 2. The van der Waals surface area contributed by atoms with E-state index in [1.165, 1.54) is 0 Å². The molecule has 1 heterocycles. The van der Waals surface area contributed by atoms with Crippen LogP contribution in [0.1, 0.15) is 18.4 Å². The van der Waals surface area contributed by atoms with Gasteiger partial charge in [0.25, 0.3) is 0 Å². The molecule has 148 valence electrons. The number of carbonyl (C=O) groups is 2. The van der Waals surface area contributed by atoms with E-state index in [4.69, 9.17) is 0 Å². The van der Waals surface area contributed by atoms with E-state index in [1.807, 2.05) is 35.2 Å². The first-order valence-corrected chi connectivity index (χ1v) is 9.29. The maximum Gasteiger partial charge on any atom is 0.238 e. The van der Waals surface area contributed by atoms with Gasteiger partial charge in [-0.25, -0.2) is 8.78 Å². The van der Waals surface area contributed by atoms with Crippen molar-refractivity contribution < 1.29 is 18.4 Å². The van der Waals surface area contributed by atoms with Crippen LogP contribution in [0.2, 0.25) is 0 Å². The van der Waals surface area contributed by atoms with Crippen molar-refractivity contribution in [3.63, 3.8) is 0 Å². The Bertz CT molecular complexity index is 801. The minimum Gasteiger partial charge on any atom is -0.352 e. The van der Waals surface area contributed by atoms with Crippen LogP contribution in [0.5, 0.6) is 0 Å². The van der Waals surface area contributed by atoms with Gasteiger partial charge in [0.1, 0.15) is 11.6 Å². The summed E-state index contributed by atoms with van der Waals surface area (Å²) in [7, 11) is 0. The van der Waals surface area contributed by atoms with Crippen molar-refractivity contribution in [2.24, 2.45) is 5.92 Å². The van der Waals surface area contributed by atoms with Gasteiger partial charge < -0.3 is 10.6 Å². The molecule has 2 N–H and O–H groups in total. The molecule has 2 aromatic rings. The third-order valence-electron chi connectivity index (χ3n) is 4.78. The summed E-state index contributed by atoms with van der Waals surface area (Å²) in [4.78, 5) is 26.4. The highest BCUT2D eigenvalue weighted by Crippen LogP contribution is 2.18. The third-order valence-corrected chi connectivity index (χ3v) is 4.78. The number of likely N-dealkylation sites (tertiary alicyclic amines) is 1. The van der Waals surface area contributed by atoms with Crippen LogP contribution >= 0.6 is 0 Å². The maximum absolute atomic E-state index is 13.2. The van der Waals surface area contributed by atoms with Gasteiger partial charge in [-0.3, -0.25) is 14.5 Å². The van der Waals surface area contributed by atoms with Crippen LogP contribution in [0.15, 0.2) is 48.5 Å². The van der Waals surface area contributed by atoms with E-state index in [-0.39, 0.29) is 30.0 Å². The number of nitrogens with one attached hydrogen (secondary N) is 2. The van der Waals surface area contributed by atoms with E-state index in [0.717, 1.165) is 23.8 Å². The lowest BCUT2D eigenvalue weighted by molar-refractivity contribution is -0.126. The number of rotatable bonds is 6. The van der Waals surface area contributed by atoms with E-state index in [1.54, 1.807) is 0 Å². The quantitative estimate of drug-likeness (QED) is 0.801. The minimum absolute atomic E-state index is 0.0307. The summed E-state index contributed by atoms with van der Waals surface area (Å²) in [6.45, 7) is 1.87. The topological polar surface area (TPSA) is 61.4 Å². The van der Waals surface area contributed by atoms with Crippen molar-refractivity contribution in [1.29, 1.82) is 0 Å². The highest BCUT2D eigenvalue weighted by Gasteiger charge is 2.25. The number of halogens is 2. The van der Waals surface area contributed by atoms with Gasteiger partial charge in [0.2, 0.25) is 11.8 Å². The second-order valence-electron chi connectivity index (χ2n) is 6.96. The van der Waals surface area contributed by atoms with Crippen molar-refractivity contribution in [2.45, 2.75) is 19.4 Å². The van der Waals surface area contributed by atoms with E-state index >= 15 is 0 Å². The number of amides is 2. The highest BCUT2D eigenvalue weighted by molar-refractivity contribution is 5.92. The molecule has 2 aromatic carbocycles. The smallest absolute Gasteiger partial charge is 0.238 e. The second-order valence-corrected chi connectivity index (χ2v) is 6.96.